The van der Waals surface area contributed by atoms with Gasteiger partial charge in [0.1, 0.15) is 24.7 Å². The SMILES string of the molecule is Oc1ccc2c(c1-c1c(O)ccc3c1OCO3)OCCO2. The van der Waals surface area contributed by atoms with Crippen LogP contribution in [0.15, 0.2) is 24.3 Å². The topological polar surface area (TPSA) is 77.4 Å². The van der Waals surface area contributed by atoms with Crippen molar-refractivity contribution < 1.29 is 29.2 Å². The fourth-order valence-corrected chi connectivity index (χ4v) is 2.55. The number of phenols is 2. The van der Waals surface area contributed by atoms with Crippen LogP contribution in [0, 0.1) is 0 Å². The maximum Gasteiger partial charge on any atom is 0.231 e. The summed E-state index contributed by atoms with van der Waals surface area (Å²) in [7, 11) is 0. The fraction of sp³-hybridized carbons (Fsp3) is 0.200. The number of ether oxygens (including phenoxy) is 4. The second kappa shape index (κ2) is 4.37. The van der Waals surface area contributed by atoms with Crippen LogP contribution < -0.4 is 18.9 Å². The van der Waals surface area contributed by atoms with E-state index in [2.05, 4.69) is 0 Å². The van der Waals surface area contributed by atoms with Crippen LogP contribution in [0.3, 0.4) is 0 Å². The Morgan fingerprint density at radius 2 is 1.24 bits per heavy atom. The van der Waals surface area contributed by atoms with Crippen molar-refractivity contribution in [2.45, 2.75) is 0 Å². The van der Waals surface area contributed by atoms with Gasteiger partial charge < -0.3 is 29.2 Å². The zero-order chi connectivity index (χ0) is 14.4. The second-order valence-corrected chi connectivity index (χ2v) is 4.68. The van der Waals surface area contributed by atoms with Crippen LogP contribution in [0.5, 0.6) is 34.5 Å². The van der Waals surface area contributed by atoms with Gasteiger partial charge in [-0.3, -0.25) is 0 Å². The summed E-state index contributed by atoms with van der Waals surface area (Å²) in [6.07, 6.45) is 0. The lowest BCUT2D eigenvalue weighted by Crippen LogP contribution is -2.16. The smallest absolute Gasteiger partial charge is 0.231 e. The molecule has 0 radical (unpaired) electrons. The molecule has 0 unspecified atom stereocenters. The van der Waals surface area contributed by atoms with E-state index in [0.29, 0.717) is 47.3 Å². The lowest BCUT2D eigenvalue weighted by Gasteiger charge is -2.22. The normalized spacial score (nSPS) is 15.0. The molecule has 2 aromatic rings. The summed E-state index contributed by atoms with van der Waals surface area (Å²) in [5.41, 5.74) is 0.678. The Kier molecular flexibility index (Phi) is 2.50. The Labute approximate surface area is 120 Å². The molecule has 0 aliphatic carbocycles. The highest BCUT2D eigenvalue weighted by Gasteiger charge is 2.29. The van der Waals surface area contributed by atoms with Gasteiger partial charge in [-0.15, -0.1) is 0 Å². The molecule has 4 rings (SSSR count). The van der Waals surface area contributed by atoms with E-state index in [-0.39, 0.29) is 18.3 Å². The van der Waals surface area contributed by atoms with Crippen molar-refractivity contribution in [1.29, 1.82) is 0 Å². The third kappa shape index (κ3) is 1.72. The van der Waals surface area contributed by atoms with Crippen molar-refractivity contribution in [1.82, 2.24) is 0 Å². The molecule has 2 aliphatic rings. The Hall–Kier alpha value is -2.76. The lowest BCUT2D eigenvalue weighted by atomic mass is 10.00. The van der Waals surface area contributed by atoms with Crippen molar-refractivity contribution in [2.75, 3.05) is 20.0 Å². The van der Waals surface area contributed by atoms with Crippen LogP contribution in [0.2, 0.25) is 0 Å². The number of rotatable bonds is 1. The van der Waals surface area contributed by atoms with E-state index in [4.69, 9.17) is 18.9 Å². The summed E-state index contributed by atoms with van der Waals surface area (Å²) in [6.45, 7) is 0.880. The molecule has 2 N–H and O–H groups in total. The predicted molar refractivity (Wildman–Crippen MR) is 72.3 cm³/mol. The van der Waals surface area contributed by atoms with E-state index in [1.807, 2.05) is 0 Å². The average molecular weight is 288 g/mol. The molecule has 2 aromatic carbocycles. The second-order valence-electron chi connectivity index (χ2n) is 4.68. The molecule has 0 fully saturated rings. The number of phenolic OH excluding ortho intramolecular Hbond substituents is 2. The molecular formula is C15H12O6. The molecule has 21 heavy (non-hydrogen) atoms. The minimum atomic E-state index is -0.0304. The van der Waals surface area contributed by atoms with Crippen LogP contribution in [0.4, 0.5) is 0 Å². The number of hydrogen-bond donors (Lipinski definition) is 2. The molecule has 0 bridgehead atoms. The third-order valence-corrected chi connectivity index (χ3v) is 3.45. The zero-order valence-electron chi connectivity index (χ0n) is 11.0. The summed E-state index contributed by atoms with van der Waals surface area (Å²) in [4.78, 5) is 0. The van der Waals surface area contributed by atoms with Crippen LogP contribution in [-0.4, -0.2) is 30.2 Å². The molecule has 6 heteroatoms. The van der Waals surface area contributed by atoms with Crippen molar-refractivity contribution in [2.24, 2.45) is 0 Å². The van der Waals surface area contributed by atoms with Crippen molar-refractivity contribution >= 4 is 0 Å². The molecule has 2 aliphatic heterocycles. The van der Waals surface area contributed by atoms with E-state index >= 15 is 0 Å². The van der Waals surface area contributed by atoms with Gasteiger partial charge in [0.05, 0.1) is 11.1 Å². The monoisotopic (exact) mass is 288 g/mol. The Bertz CT molecular complexity index is 725. The minimum Gasteiger partial charge on any atom is -0.507 e. The van der Waals surface area contributed by atoms with Crippen LogP contribution >= 0.6 is 0 Å². The Balaban J connectivity index is 2.02. The van der Waals surface area contributed by atoms with Gasteiger partial charge in [0.25, 0.3) is 0 Å². The highest BCUT2D eigenvalue weighted by Crippen LogP contribution is 2.54. The molecule has 0 amide bonds. The molecule has 2 heterocycles. The van der Waals surface area contributed by atoms with Crippen LogP contribution in [0.1, 0.15) is 0 Å². The van der Waals surface area contributed by atoms with E-state index in [9.17, 15) is 10.2 Å². The Morgan fingerprint density at radius 1 is 0.667 bits per heavy atom. The zero-order valence-corrected chi connectivity index (χ0v) is 11.0. The number of aromatic hydroxyl groups is 2. The van der Waals surface area contributed by atoms with Crippen molar-refractivity contribution in [3.63, 3.8) is 0 Å². The summed E-state index contributed by atoms with van der Waals surface area (Å²) < 4.78 is 21.9. The first-order chi connectivity index (χ1) is 10.3. The number of hydrogen-bond acceptors (Lipinski definition) is 6. The van der Waals surface area contributed by atoms with Gasteiger partial charge in [-0.1, -0.05) is 0 Å². The average Bonchev–Trinajstić information content (AvgIpc) is 2.97. The highest BCUT2D eigenvalue weighted by molar-refractivity contribution is 5.88. The van der Waals surface area contributed by atoms with E-state index in [1.54, 1.807) is 12.1 Å². The van der Waals surface area contributed by atoms with Crippen LogP contribution in [-0.2, 0) is 0 Å². The van der Waals surface area contributed by atoms with Gasteiger partial charge in [0.2, 0.25) is 6.79 Å². The molecule has 108 valence electrons. The third-order valence-electron chi connectivity index (χ3n) is 3.45. The lowest BCUT2D eigenvalue weighted by molar-refractivity contribution is 0.170. The molecule has 0 spiro atoms. The van der Waals surface area contributed by atoms with Crippen molar-refractivity contribution in [3.8, 4) is 45.6 Å². The van der Waals surface area contributed by atoms with E-state index < -0.39 is 0 Å². The quantitative estimate of drug-likeness (QED) is 0.838. The maximum atomic E-state index is 10.2. The number of fused-ring (bicyclic) bond motifs is 2. The first-order valence-electron chi connectivity index (χ1n) is 6.49. The summed E-state index contributed by atoms with van der Waals surface area (Å²) in [6, 6.07) is 6.23. The molecule has 0 aromatic heterocycles. The molecule has 6 nitrogen and oxygen atoms in total. The molecular weight excluding hydrogens is 276 g/mol. The first kappa shape index (κ1) is 12.0. The van der Waals surface area contributed by atoms with Crippen molar-refractivity contribution in [3.05, 3.63) is 24.3 Å². The van der Waals surface area contributed by atoms with Gasteiger partial charge in [-0.25, -0.2) is 0 Å². The van der Waals surface area contributed by atoms with Crippen LogP contribution in [0.25, 0.3) is 11.1 Å². The van der Waals surface area contributed by atoms with E-state index in [0.717, 1.165) is 0 Å². The van der Waals surface area contributed by atoms with Gasteiger partial charge in [-0.05, 0) is 24.3 Å². The Morgan fingerprint density at radius 3 is 1.95 bits per heavy atom. The largest absolute Gasteiger partial charge is 0.507 e. The standard InChI is InChI=1S/C15H12O6/c16-8-1-3-10-14(19-6-5-18-10)12(8)13-9(17)2-4-11-15(13)21-7-20-11/h1-4,16-17H,5-7H2. The molecule has 0 saturated carbocycles. The fourth-order valence-electron chi connectivity index (χ4n) is 2.55. The van der Waals surface area contributed by atoms with Gasteiger partial charge in [0, 0.05) is 0 Å². The summed E-state index contributed by atoms with van der Waals surface area (Å²) in [5.74, 6) is 1.74. The molecule has 0 atom stereocenters. The summed E-state index contributed by atoms with van der Waals surface area (Å²) >= 11 is 0. The molecule has 0 saturated heterocycles. The summed E-state index contributed by atoms with van der Waals surface area (Å²) in [5, 5.41) is 20.4. The number of benzene rings is 2. The highest BCUT2D eigenvalue weighted by atomic mass is 16.7. The minimum absolute atomic E-state index is 0.0292. The predicted octanol–water partition coefficient (Wildman–Crippen LogP) is 2.26. The maximum absolute atomic E-state index is 10.2. The van der Waals surface area contributed by atoms with Gasteiger partial charge in [-0.2, -0.15) is 0 Å². The van der Waals surface area contributed by atoms with Gasteiger partial charge in [0.15, 0.2) is 23.0 Å². The van der Waals surface area contributed by atoms with E-state index in [1.165, 1.54) is 12.1 Å². The first-order valence-corrected chi connectivity index (χ1v) is 6.49. The van der Waals surface area contributed by atoms with Gasteiger partial charge >= 0.3 is 0 Å².